The van der Waals surface area contributed by atoms with Crippen LogP contribution in [0.25, 0.3) is 10.2 Å². The maximum Gasteiger partial charge on any atom is 0.260 e. The normalized spacial score (nSPS) is 19.9. The van der Waals surface area contributed by atoms with Gasteiger partial charge in [-0.15, -0.1) is 11.3 Å². The summed E-state index contributed by atoms with van der Waals surface area (Å²) in [6, 6.07) is 0. The number of thiophene rings is 1. The Morgan fingerprint density at radius 2 is 2.25 bits per heavy atom. The van der Waals surface area contributed by atoms with Crippen molar-refractivity contribution in [2.45, 2.75) is 26.2 Å². The van der Waals surface area contributed by atoms with E-state index in [2.05, 4.69) is 16.9 Å². The summed E-state index contributed by atoms with van der Waals surface area (Å²) in [7, 11) is 0. The van der Waals surface area contributed by atoms with Gasteiger partial charge in [-0.1, -0.05) is 6.92 Å². The highest BCUT2D eigenvalue weighted by Gasteiger charge is 2.22. The molecule has 3 rings (SSSR count). The predicted molar refractivity (Wildman–Crippen MR) is 68.8 cm³/mol. The van der Waals surface area contributed by atoms with Crippen LogP contribution >= 0.6 is 23.6 Å². The van der Waals surface area contributed by atoms with Crippen LogP contribution in [0.3, 0.4) is 0 Å². The third-order valence-electron chi connectivity index (χ3n) is 3.19. The zero-order valence-electron chi connectivity index (χ0n) is 8.92. The summed E-state index contributed by atoms with van der Waals surface area (Å²) < 4.78 is 0.421. The molecule has 1 aliphatic rings. The number of hydrogen-bond acceptors (Lipinski definition) is 3. The van der Waals surface area contributed by atoms with Gasteiger partial charge in [-0.2, -0.15) is 0 Å². The first-order chi connectivity index (χ1) is 7.65. The largest absolute Gasteiger partial charge is 0.323 e. The van der Waals surface area contributed by atoms with Gasteiger partial charge in [0.15, 0.2) is 4.77 Å². The van der Waals surface area contributed by atoms with E-state index >= 15 is 0 Å². The van der Waals surface area contributed by atoms with Crippen molar-refractivity contribution in [3.8, 4) is 0 Å². The molecule has 1 aliphatic carbocycles. The number of hydrogen-bond donors (Lipinski definition) is 2. The van der Waals surface area contributed by atoms with Crippen molar-refractivity contribution in [2.24, 2.45) is 5.92 Å². The van der Waals surface area contributed by atoms with E-state index in [1.807, 2.05) is 0 Å². The highest BCUT2D eigenvalue weighted by atomic mass is 32.1. The molecule has 2 N–H and O–H groups in total. The van der Waals surface area contributed by atoms with Crippen LogP contribution in [0, 0.1) is 10.7 Å². The molecule has 0 saturated heterocycles. The highest BCUT2D eigenvalue weighted by Crippen LogP contribution is 2.35. The summed E-state index contributed by atoms with van der Waals surface area (Å²) in [5.74, 6) is 0.674. The summed E-state index contributed by atoms with van der Waals surface area (Å²) >= 11 is 6.67. The van der Waals surface area contributed by atoms with Gasteiger partial charge in [-0.3, -0.25) is 9.78 Å². The zero-order chi connectivity index (χ0) is 11.3. The third kappa shape index (κ3) is 1.46. The minimum Gasteiger partial charge on any atom is -0.323 e. The van der Waals surface area contributed by atoms with E-state index in [0.29, 0.717) is 10.7 Å². The van der Waals surface area contributed by atoms with Crippen molar-refractivity contribution >= 4 is 33.8 Å². The van der Waals surface area contributed by atoms with Crippen LogP contribution in [-0.2, 0) is 12.8 Å². The first-order valence-electron chi connectivity index (χ1n) is 5.42. The SMILES string of the molecule is C[C@@H]1CCc2sc3[nH]c(=S)[nH]c(=O)c3c2C1. The van der Waals surface area contributed by atoms with E-state index in [0.717, 1.165) is 23.1 Å². The lowest BCUT2D eigenvalue weighted by Crippen LogP contribution is -2.13. The van der Waals surface area contributed by atoms with Crippen molar-refractivity contribution in [3.63, 3.8) is 0 Å². The number of rotatable bonds is 0. The number of aryl methyl sites for hydroxylation is 1. The van der Waals surface area contributed by atoms with E-state index in [4.69, 9.17) is 12.2 Å². The second kappa shape index (κ2) is 3.53. The molecule has 2 aromatic rings. The maximum atomic E-state index is 11.9. The Labute approximate surface area is 102 Å². The van der Waals surface area contributed by atoms with Gasteiger partial charge in [0, 0.05) is 4.88 Å². The lowest BCUT2D eigenvalue weighted by molar-refractivity contribution is 0.508. The second-order valence-corrected chi connectivity index (χ2v) is 5.98. The summed E-state index contributed by atoms with van der Waals surface area (Å²) in [6.45, 7) is 2.24. The number of nitrogens with one attached hydrogen (secondary N) is 2. The molecule has 0 bridgehead atoms. The number of aromatic amines is 2. The zero-order valence-corrected chi connectivity index (χ0v) is 10.6. The average Bonchev–Trinajstić information content (AvgIpc) is 2.54. The van der Waals surface area contributed by atoms with Gasteiger partial charge in [0.1, 0.15) is 4.83 Å². The molecule has 0 aromatic carbocycles. The molecule has 3 nitrogen and oxygen atoms in total. The molecule has 0 fully saturated rings. The maximum absolute atomic E-state index is 11.9. The van der Waals surface area contributed by atoms with E-state index in [9.17, 15) is 4.79 Å². The molecule has 1 atom stereocenters. The van der Waals surface area contributed by atoms with Gasteiger partial charge in [-0.25, -0.2) is 0 Å². The van der Waals surface area contributed by atoms with Crippen molar-refractivity contribution in [2.75, 3.05) is 0 Å². The molecular formula is C11H12N2OS2. The molecule has 16 heavy (non-hydrogen) atoms. The van der Waals surface area contributed by atoms with Crippen molar-refractivity contribution in [1.29, 1.82) is 0 Å². The minimum atomic E-state index is -0.0367. The van der Waals surface area contributed by atoms with E-state index < -0.39 is 0 Å². The Bertz CT molecular complexity index is 665. The third-order valence-corrected chi connectivity index (χ3v) is 4.60. The fraction of sp³-hybridized carbons (Fsp3) is 0.455. The van der Waals surface area contributed by atoms with Gasteiger partial charge in [0.2, 0.25) is 0 Å². The molecule has 0 aliphatic heterocycles. The molecule has 84 valence electrons. The molecule has 5 heteroatoms. The van der Waals surface area contributed by atoms with Gasteiger partial charge < -0.3 is 4.98 Å². The van der Waals surface area contributed by atoms with Crippen molar-refractivity contribution in [1.82, 2.24) is 9.97 Å². The van der Waals surface area contributed by atoms with Gasteiger partial charge in [0.05, 0.1) is 5.39 Å². The topological polar surface area (TPSA) is 48.6 Å². The predicted octanol–water partition coefficient (Wildman–Crippen LogP) is 2.77. The fourth-order valence-electron chi connectivity index (χ4n) is 2.39. The van der Waals surface area contributed by atoms with Gasteiger partial charge in [0.25, 0.3) is 5.56 Å². The van der Waals surface area contributed by atoms with Crippen LogP contribution < -0.4 is 5.56 Å². The first kappa shape index (κ1) is 10.2. The molecular weight excluding hydrogens is 240 g/mol. The van der Waals surface area contributed by atoms with Crippen LogP contribution in [0.2, 0.25) is 0 Å². The van der Waals surface area contributed by atoms with Crippen LogP contribution in [0.5, 0.6) is 0 Å². The molecule has 0 unspecified atom stereocenters. The Morgan fingerprint density at radius 1 is 1.44 bits per heavy atom. The Balaban J connectivity index is 2.39. The van der Waals surface area contributed by atoms with Crippen LogP contribution in [0.1, 0.15) is 23.8 Å². The Morgan fingerprint density at radius 3 is 3.06 bits per heavy atom. The number of aromatic nitrogens is 2. The van der Waals surface area contributed by atoms with Crippen molar-refractivity contribution < 1.29 is 0 Å². The summed E-state index contributed by atoms with van der Waals surface area (Å²) in [4.78, 5) is 20.0. The Kier molecular flexibility index (Phi) is 2.26. The molecule has 0 spiro atoms. The summed E-state index contributed by atoms with van der Waals surface area (Å²) in [6.07, 6.45) is 3.33. The van der Waals surface area contributed by atoms with Crippen LogP contribution in [0.4, 0.5) is 0 Å². The highest BCUT2D eigenvalue weighted by molar-refractivity contribution is 7.71. The van der Waals surface area contributed by atoms with Crippen molar-refractivity contribution in [3.05, 3.63) is 25.6 Å². The fourth-order valence-corrected chi connectivity index (χ4v) is 3.89. The Hall–Kier alpha value is -0.940. The lowest BCUT2D eigenvalue weighted by atomic mass is 9.89. The minimum absolute atomic E-state index is 0.0367. The molecule has 2 heterocycles. The van der Waals surface area contributed by atoms with E-state index in [1.165, 1.54) is 16.9 Å². The molecule has 0 saturated carbocycles. The van der Waals surface area contributed by atoms with Gasteiger partial charge in [-0.05, 0) is 43.0 Å². The lowest BCUT2D eigenvalue weighted by Gasteiger charge is -2.17. The quantitative estimate of drug-likeness (QED) is 0.708. The standard InChI is InChI=1S/C11H12N2OS2/c1-5-2-3-7-6(4-5)8-9(14)12-11(15)13-10(8)16-7/h5H,2-4H2,1H3,(H2,12,13,14,15)/t5-/m1/s1. The summed E-state index contributed by atoms with van der Waals surface area (Å²) in [5.41, 5.74) is 1.21. The van der Waals surface area contributed by atoms with Crippen LogP contribution in [0.15, 0.2) is 4.79 Å². The molecule has 0 amide bonds. The monoisotopic (exact) mass is 252 g/mol. The summed E-state index contributed by atoms with van der Waals surface area (Å²) in [5, 5.41) is 0.833. The second-order valence-electron chi connectivity index (χ2n) is 4.46. The van der Waals surface area contributed by atoms with Gasteiger partial charge >= 0.3 is 0 Å². The number of fused-ring (bicyclic) bond motifs is 3. The first-order valence-corrected chi connectivity index (χ1v) is 6.64. The average molecular weight is 252 g/mol. The number of H-pyrrole nitrogens is 2. The smallest absolute Gasteiger partial charge is 0.260 e. The molecule has 2 aromatic heterocycles. The van der Waals surface area contributed by atoms with E-state index in [1.54, 1.807) is 11.3 Å². The van der Waals surface area contributed by atoms with E-state index in [-0.39, 0.29) is 5.56 Å². The van der Waals surface area contributed by atoms with Crippen LogP contribution in [-0.4, -0.2) is 9.97 Å². The molecule has 0 radical (unpaired) electrons.